The second-order valence-corrected chi connectivity index (χ2v) is 11.4. The highest BCUT2D eigenvalue weighted by Gasteiger charge is 2.40. The highest BCUT2D eigenvalue weighted by molar-refractivity contribution is 7.81. The van der Waals surface area contributed by atoms with Gasteiger partial charge in [-0.25, -0.2) is 0 Å². The summed E-state index contributed by atoms with van der Waals surface area (Å²) in [5, 5.41) is 10.9. The van der Waals surface area contributed by atoms with Crippen molar-refractivity contribution in [1.29, 1.82) is 0 Å². The van der Waals surface area contributed by atoms with E-state index in [0.29, 0.717) is 24.3 Å². The maximum atomic E-state index is 13.3. The third kappa shape index (κ3) is 4.65. The summed E-state index contributed by atoms with van der Waals surface area (Å²) in [6.45, 7) is 10.3. The van der Waals surface area contributed by atoms with Gasteiger partial charge in [0.25, 0.3) is 14.9 Å². The van der Waals surface area contributed by atoms with Crippen LogP contribution in [0, 0.1) is 0 Å². The van der Waals surface area contributed by atoms with Crippen LogP contribution in [0.1, 0.15) is 43.1 Å². The van der Waals surface area contributed by atoms with E-state index >= 15 is 0 Å². The van der Waals surface area contributed by atoms with E-state index in [1.54, 1.807) is 26.2 Å². The van der Waals surface area contributed by atoms with Gasteiger partial charge in [0.2, 0.25) is 5.91 Å². The molecule has 1 aliphatic heterocycles. The molecule has 1 aromatic carbocycles. The van der Waals surface area contributed by atoms with Crippen LogP contribution in [0.5, 0.6) is 11.5 Å². The molecule has 1 aromatic rings. The molecule has 1 saturated heterocycles. The quantitative estimate of drug-likeness (QED) is 0.577. The summed E-state index contributed by atoms with van der Waals surface area (Å²) in [4.78, 5) is 28.8. The first kappa shape index (κ1) is 22.6. The molecule has 2 amide bonds. The van der Waals surface area contributed by atoms with Crippen molar-refractivity contribution < 1.29 is 19.1 Å². The number of hydrogen-bond donors (Lipinski definition) is 2. The molecule has 0 spiro atoms. The highest BCUT2D eigenvalue weighted by Crippen LogP contribution is 2.41. The van der Waals surface area contributed by atoms with Gasteiger partial charge in [0.05, 0.1) is 5.56 Å². The molecule has 0 aromatic heterocycles. The van der Waals surface area contributed by atoms with Gasteiger partial charge in [-0.2, -0.15) is 12.6 Å². The second-order valence-electron chi connectivity index (χ2n) is 8.69. The lowest BCUT2D eigenvalue weighted by molar-refractivity contribution is -0.132. The molecule has 0 saturated carbocycles. The molecule has 1 N–H and O–H groups in total. The monoisotopic (exact) mass is 423 g/mol. The van der Waals surface area contributed by atoms with E-state index in [2.05, 4.69) is 12.6 Å². The van der Waals surface area contributed by atoms with E-state index in [1.807, 2.05) is 33.9 Å². The van der Waals surface area contributed by atoms with Gasteiger partial charge in [-0.05, 0) is 37.1 Å². The number of likely N-dealkylation sites (tertiary alicyclic amines) is 1. The second kappa shape index (κ2) is 8.37. The first-order valence-corrected chi connectivity index (χ1v) is 12.3. The summed E-state index contributed by atoms with van der Waals surface area (Å²) in [5.74, 6) is 0.0428. The summed E-state index contributed by atoms with van der Waals surface area (Å²) < 4.78 is 5.96. The first-order chi connectivity index (χ1) is 12.8. The highest BCUT2D eigenvalue weighted by atomic mass is 32.1. The van der Waals surface area contributed by atoms with E-state index in [0.717, 1.165) is 0 Å². The maximum absolute atomic E-state index is 13.3. The van der Waals surface area contributed by atoms with Crippen molar-refractivity contribution in [3.05, 3.63) is 23.3 Å². The third-order valence-corrected chi connectivity index (χ3v) is 5.70. The zero-order chi connectivity index (χ0) is 21.4. The standard InChI is InChI=1S/C20H31N2O4SSi/c1-20(2,3)16-15(26-28(6)7)9-8-13(17(16)23)18(24)22-11-12(27)10-14(22)19(25)21(4)5/h8-9,12,14,23,27H,10-11H2,1-7H3/t12-,14-/m0/s1. The Morgan fingerprint density at radius 2 is 1.89 bits per heavy atom. The molecule has 0 unspecified atom stereocenters. The van der Waals surface area contributed by atoms with Gasteiger partial charge in [0.15, 0.2) is 0 Å². The van der Waals surface area contributed by atoms with Crippen molar-refractivity contribution in [2.45, 2.75) is 57.0 Å². The van der Waals surface area contributed by atoms with Crippen LogP contribution in [0.2, 0.25) is 13.1 Å². The number of carbonyl (C=O) groups is 2. The Bertz CT molecular complexity index is 761. The SMILES string of the molecule is CN(C)C(=O)[C@@H]1C[C@H](S)CN1C(=O)c1ccc(O[Si](C)C)c(C(C)(C)C)c1O. The summed E-state index contributed by atoms with van der Waals surface area (Å²) in [6, 6.07) is 2.78. The minimum absolute atomic E-state index is 0.0723. The number of rotatable bonds is 4. The predicted molar refractivity (Wildman–Crippen MR) is 116 cm³/mol. The van der Waals surface area contributed by atoms with E-state index in [-0.39, 0.29) is 28.4 Å². The molecule has 155 valence electrons. The number of benzene rings is 1. The minimum atomic E-state index is -1.04. The van der Waals surface area contributed by atoms with Crippen LogP contribution in [0.4, 0.5) is 0 Å². The Morgan fingerprint density at radius 3 is 2.39 bits per heavy atom. The summed E-state index contributed by atoms with van der Waals surface area (Å²) in [6.07, 6.45) is 0.497. The molecule has 6 nitrogen and oxygen atoms in total. The van der Waals surface area contributed by atoms with E-state index in [1.165, 1.54) is 9.80 Å². The molecule has 1 radical (unpaired) electrons. The number of phenolic OH excluding ortho intramolecular Hbond substituents is 1. The van der Waals surface area contributed by atoms with Crippen molar-refractivity contribution in [3.8, 4) is 11.5 Å². The molecular weight excluding hydrogens is 392 g/mol. The lowest BCUT2D eigenvalue weighted by atomic mass is 9.84. The summed E-state index contributed by atoms with van der Waals surface area (Å²) in [5.41, 5.74) is 0.391. The van der Waals surface area contributed by atoms with E-state index in [9.17, 15) is 14.7 Å². The normalized spacial score (nSPS) is 19.8. The molecule has 0 bridgehead atoms. The summed E-state index contributed by atoms with van der Waals surface area (Å²) >= 11 is 4.48. The number of hydrogen-bond acceptors (Lipinski definition) is 5. The van der Waals surface area contributed by atoms with Crippen LogP contribution in [-0.4, -0.2) is 67.7 Å². The maximum Gasteiger partial charge on any atom is 0.274 e. The van der Waals surface area contributed by atoms with Gasteiger partial charge < -0.3 is 19.3 Å². The fraction of sp³-hybridized carbons (Fsp3) is 0.600. The minimum Gasteiger partial charge on any atom is -0.542 e. The largest absolute Gasteiger partial charge is 0.542 e. The molecule has 2 atom stereocenters. The van der Waals surface area contributed by atoms with Gasteiger partial charge in [0, 0.05) is 31.5 Å². The smallest absolute Gasteiger partial charge is 0.274 e. The van der Waals surface area contributed by atoms with Crippen molar-refractivity contribution in [2.75, 3.05) is 20.6 Å². The molecule has 1 aliphatic rings. The Hall–Kier alpha value is -1.67. The van der Waals surface area contributed by atoms with Gasteiger partial charge >= 0.3 is 0 Å². The van der Waals surface area contributed by atoms with Crippen LogP contribution in [0.3, 0.4) is 0 Å². The zero-order valence-corrected chi connectivity index (χ0v) is 19.6. The molecule has 28 heavy (non-hydrogen) atoms. The summed E-state index contributed by atoms with van der Waals surface area (Å²) in [7, 11) is 2.31. The fourth-order valence-corrected chi connectivity index (χ4v) is 4.49. The number of aromatic hydroxyl groups is 1. The number of phenols is 1. The average Bonchev–Trinajstić information content (AvgIpc) is 2.93. The molecular formula is C20H31N2O4SSi. The predicted octanol–water partition coefficient (Wildman–Crippen LogP) is 2.92. The topological polar surface area (TPSA) is 70.1 Å². The average molecular weight is 424 g/mol. The van der Waals surface area contributed by atoms with Crippen molar-refractivity contribution in [3.63, 3.8) is 0 Å². The van der Waals surface area contributed by atoms with Crippen molar-refractivity contribution in [2.24, 2.45) is 0 Å². The number of thiol groups is 1. The van der Waals surface area contributed by atoms with Crippen LogP contribution < -0.4 is 4.43 Å². The molecule has 8 heteroatoms. The van der Waals surface area contributed by atoms with Gasteiger partial charge in [-0.15, -0.1) is 0 Å². The van der Waals surface area contributed by atoms with Gasteiger partial charge in [-0.3, -0.25) is 9.59 Å². The number of likely N-dealkylation sites (N-methyl/N-ethyl adjacent to an activating group) is 1. The third-order valence-electron chi connectivity index (χ3n) is 4.70. The molecule has 2 rings (SSSR count). The first-order valence-electron chi connectivity index (χ1n) is 9.39. The zero-order valence-electron chi connectivity index (χ0n) is 17.7. The van der Waals surface area contributed by atoms with Crippen molar-refractivity contribution in [1.82, 2.24) is 9.80 Å². The Labute approximate surface area is 175 Å². The van der Waals surface area contributed by atoms with Gasteiger partial charge in [0.1, 0.15) is 17.5 Å². The Morgan fingerprint density at radius 1 is 1.29 bits per heavy atom. The molecule has 0 aliphatic carbocycles. The van der Waals surface area contributed by atoms with Crippen molar-refractivity contribution >= 4 is 33.5 Å². The Kier molecular flexibility index (Phi) is 6.76. The van der Waals surface area contributed by atoms with Crippen LogP contribution in [0.25, 0.3) is 0 Å². The fourth-order valence-electron chi connectivity index (χ4n) is 3.50. The van der Waals surface area contributed by atoms with E-state index in [4.69, 9.17) is 4.43 Å². The van der Waals surface area contributed by atoms with Crippen LogP contribution in [0.15, 0.2) is 12.1 Å². The lowest BCUT2D eigenvalue weighted by Gasteiger charge is -2.29. The molecule has 1 fully saturated rings. The van der Waals surface area contributed by atoms with Crippen LogP contribution in [-0.2, 0) is 10.2 Å². The lowest BCUT2D eigenvalue weighted by Crippen LogP contribution is -2.45. The number of amides is 2. The van der Waals surface area contributed by atoms with Gasteiger partial charge in [-0.1, -0.05) is 20.8 Å². The van der Waals surface area contributed by atoms with E-state index < -0.39 is 20.5 Å². The number of carbonyl (C=O) groups excluding carboxylic acids is 2. The van der Waals surface area contributed by atoms with Crippen LogP contribution >= 0.6 is 12.6 Å². The molecule has 1 heterocycles. The number of nitrogens with zero attached hydrogens (tertiary/aromatic N) is 2. The Balaban J connectivity index is 2.49.